The Morgan fingerprint density at radius 3 is 2.00 bits per heavy atom. The van der Waals surface area contributed by atoms with Crippen LogP contribution in [0, 0.1) is 5.92 Å². The van der Waals surface area contributed by atoms with Gasteiger partial charge in [0.2, 0.25) is 0 Å². The van der Waals surface area contributed by atoms with Crippen molar-refractivity contribution in [2.45, 2.75) is 43.9 Å². The molecule has 2 aliphatic rings. The van der Waals surface area contributed by atoms with Crippen LogP contribution < -0.4 is 5.73 Å². The molecule has 2 nitrogen and oxygen atoms in total. The van der Waals surface area contributed by atoms with Crippen molar-refractivity contribution in [2.75, 3.05) is 13.1 Å². The fourth-order valence-electron chi connectivity index (χ4n) is 2.48. The highest BCUT2D eigenvalue weighted by Crippen LogP contribution is 2.36. The first-order chi connectivity index (χ1) is 6.97. The van der Waals surface area contributed by atoms with Gasteiger partial charge in [-0.3, -0.25) is 4.90 Å². The van der Waals surface area contributed by atoms with Gasteiger partial charge in [0.05, 0.1) is 5.92 Å². The first-order valence-corrected chi connectivity index (χ1v) is 5.53. The van der Waals surface area contributed by atoms with E-state index in [0.29, 0.717) is 6.04 Å². The van der Waals surface area contributed by atoms with Gasteiger partial charge in [0.25, 0.3) is 0 Å². The predicted octanol–water partition coefficient (Wildman–Crippen LogP) is 1.75. The summed E-state index contributed by atoms with van der Waals surface area (Å²) in [6.45, 7) is 0.396. The van der Waals surface area contributed by atoms with Gasteiger partial charge in [-0.2, -0.15) is 13.2 Å². The maximum atomic E-state index is 12.3. The van der Waals surface area contributed by atoms with Crippen molar-refractivity contribution in [3.8, 4) is 0 Å². The van der Waals surface area contributed by atoms with Gasteiger partial charge in [-0.1, -0.05) is 0 Å². The van der Waals surface area contributed by atoms with E-state index in [9.17, 15) is 13.2 Å². The first-order valence-electron chi connectivity index (χ1n) is 5.53. The van der Waals surface area contributed by atoms with Crippen LogP contribution in [0.15, 0.2) is 0 Å². The molecule has 2 N–H and O–H groups in total. The summed E-state index contributed by atoms with van der Waals surface area (Å²) >= 11 is 0. The van der Waals surface area contributed by atoms with E-state index in [1.807, 2.05) is 4.90 Å². The largest absolute Gasteiger partial charge is 0.394 e. The van der Waals surface area contributed by atoms with E-state index in [2.05, 4.69) is 0 Å². The van der Waals surface area contributed by atoms with Gasteiger partial charge in [0, 0.05) is 25.2 Å². The molecule has 5 heteroatoms. The standard InChI is InChI=1S/C10H17F3N2/c11-10(12,13)7-5-15(6-7)9-3-1-8(14)2-4-9/h7-9H,1-6,14H2/t8-,9+. The number of hydrogen-bond donors (Lipinski definition) is 1. The minimum Gasteiger partial charge on any atom is -0.328 e. The highest BCUT2D eigenvalue weighted by atomic mass is 19.4. The lowest BCUT2D eigenvalue weighted by atomic mass is 9.87. The molecule has 2 fully saturated rings. The molecule has 0 aromatic rings. The summed E-state index contributed by atoms with van der Waals surface area (Å²) < 4.78 is 36.8. The summed E-state index contributed by atoms with van der Waals surface area (Å²) in [6, 6.07) is 0.615. The maximum absolute atomic E-state index is 12.3. The average molecular weight is 222 g/mol. The molecule has 0 atom stereocenters. The second-order valence-electron chi connectivity index (χ2n) is 4.76. The van der Waals surface area contributed by atoms with Crippen LogP contribution in [0.25, 0.3) is 0 Å². The Balaban J connectivity index is 1.75. The Morgan fingerprint density at radius 2 is 1.53 bits per heavy atom. The molecule has 0 aromatic heterocycles. The van der Waals surface area contributed by atoms with E-state index in [4.69, 9.17) is 5.73 Å². The van der Waals surface area contributed by atoms with E-state index in [0.717, 1.165) is 25.7 Å². The van der Waals surface area contributed by atoms with Crippen molar-refractivity contribution in [3.05, 3.63) is 0 Å². The van der Waals surface area contributed by atoms with Crippen molar-refractivity contribution in [1.29, 1.82) is 0 Å². The van der Waals surface area contributed by atoms with Crippen molar-refractivity contribution in [1.82, 2.24) is 4.90 Å². The van der Waals surface area contributed by atoms with E-state index in [1.165, 1.54) is 0 Å². The Bertz CT molecular complexity index is 215. The number of nitrogens with zero attached hydrogens (tertiary/aromatic N) is 1. The molecular weight excluding hydrogens is 205 g/mol. The maximum Gasteiger partial charge on any atom is 0.394 e. The summed E-state index contributed by atoms with van der Waals surface area (Å²) in [5.41, 5.74) is 5.75. The number of hydrogen-bond acceptors (Lipinski definition) is 2. The van der Waals surface area contributed by atoms with Crippen LogP contribution in [0.3, 0.4) is 0 Å². The monoisotopic (exact) mass is 222 g/mol. The first kappa shape index (κ1) is 11.2. The second kappa shape index (κ2) is 3.94. The Labute approximate surface area is 87.6 Å². The Kier molecular flexibility index (Phi) is 2.94. The van der Waals surface area contributed by atoms with E-state index in [-0.39, 0.29) is 19.1 Å². The number of rotatable bonds is 1. The number of nitrogens with two attached hydrogens (primary N) is 1. The molecule has 0 spiro atoms. The van der Waals surface area contributed by atoms with Crippen LogP contribution in [0.2, 0.25) is 0 Å². The van der Waals surface area contributed by atoms with Gasteiger partial charge >= 0.3 is 6.18 Å². The SMILES string of the molecule is N[C@H]1CC[C@@H](N2CC(C(F)(F)F)C2)CC1. The summed E-state index contributed by atoms with van der Waals surface area (Å²) in [4.78, 5) is 1.96. The second-order valence-corrected chi connectivity index (χ2v) is 4.76. The molecule has 2 rings (SSSR count). The third-order valence-electron chi connectivity index (χ3n) is 3.63. The molecule has 88 valence electrons. The van der Waals surface area contributed by atoms with Gasteiger partial charge in [-0.05, 0) is 25.7 Å². The predicted molar refractivity (Wildman–Crippen MR) is 51.3 cm³/mol. The summed E-state index contributed by atoms with van der Waals surface area (Å²) in [6.07, 6.45) is -0.158. The zero-order valence-electron chi connectivity index (χ0n) is 8.63. The zero-order valence-corrected chi connectivity index (χ0v) is 8.63. The van der Waals surface area contributed by atoms with E-state index < -0.39 is 12.1 Å². The normalized spacial score (nSPS) is 35.2. The Hall–Kier alpha value is -0.290. The minimum atomic E-state index is -4.00. The number of alkyl halides is 3. The van der Waals surface area contributed by atoms with Crippen LogP contribution in [0.4, 0.5) is 13.2 Å². The average Bonchev–Trinajstić information content (AvgIpc) is 2.03. The van der Waals surface area contributed by atoms with Crippen LogP contribution in [0.1, 0.15) is 25.7 Å². The highest BCUT2D eigenvalue weighted by Gasteiger charge is 2.48. The molecule has 1 saturated heterocycles. The van der Waals surface area contributed by atoms with Gasteiger partial charge in [0.15, 0.2) is 0 Å². The zero-order chi connectivity index (χ0) is 11.1. The summed E-state index contributed by atoms with van der Waals surface area (Å²) in [7, 11) is 0. The molecule has 0 bridgehead atoms. The lowest BCUT2D eigenvalue weighted by molar-refractivity contribution is -0.215. The number of halogens is 3. The topological polar surface area (TPSA) is 29.3 Å². The molecule has 0 radical (unpaired) electrons. The van der Waals surface area contributed by atoms with Gasteiger partial charge in [-0.25, -0.2) is 0 Å². The molecule has 1 saturated carbocycles. The minimum absolute atomic E-state index is 0.198. The quantitative estimate of drug-likeness (QED) is 0.732. The molecule has 15 heavy (non-hydrogen) atoms. The third kappa shape index (κ3) is 2.45. The van der Waals surface area contributed by atoms with Crippen molar-refractivity contribution >= 4 is 0 Å². The van der Waals surface area contributed by atoms with Crippen molar-refractivity contribution in [2.24, 2.45) is 11.7 Å². The summed E-state index contributed by atoms with van der Waals surface area (Å²) in [5.74, 6) is -1.09. The van der Waals surface area contributed by atoms with Gasteiger partial charge < -0.3 is 5.73 Å². The van der Waals surface area contributed by atoms with Crippen molar-refractivity contribution < 1.29 is 13.2 Å². The molecule has 0 amide bonds. The van der Waals surface area contributed by atoms with E-state index >= 15 is 0 Å². The molecule has 1 aliphatic carbocycles. The highest BCUT2D eigenvalue weighted by molar-refractivity contribution is 4.91. The molecule has 0 unspecified atom stereocenters. The van der Waals surface area contributed by atoms with Crippen LogP contribution in [0.5, 0.6) is 0 Å². The van der Waals surface area contributed by atoms with Crippen LogP contribution >= 0.6 is 0 Å². The molecule has 0 aromatic carbocycles. The van der Waals surface area contributed by atoms with Gasteiger partial charge in [0.1, 0.15) is 0 Å². The summed E-state index contributed by atoms with van der Waals surface area (Å²) in [5, 5.41) is 0. The molecule has 1 aliphatic heterocycles. The lowest BCUT2D eigenvalue weighted by Crippen LogP contribution is -2.58. The Morgan fingerprint density at radius 1 is 1.00 bits per heavy atom. The lowest BCUT2D eigenvalue weighted by Gasteiger charge is -2.46. The fourth-order valence-corrected chi connectivity index (χ4v) is 2.48. The smallest absolute Gasteiger partial charge is 0.328 e. The number of likely N-dealkylation sites (tertiary alicyclic amines) is 1. The third-order valence-corrected chi connectivity index (χ3v) is 3.63. The van der Waals surface area contributed by atoms with E-state index in [1.54, 1.807) is 0 Å². The van der Waals surface area contributed by atoms with Gasteiger partial charge in [-0.15, -0.1) is 0 Å². The fraction of sp³-hybridized carbons (Fsp3) is 1.00. The van der Waals surface area contributed by atoms with Crippen molar-refractivity contribution in [3.63, 3.8) is 0 Å². The molecule has 1 heterocycles. The van der Waals surface area contributed by atoms with Crippen LogP contribution in [-0.2, 0) is 0 Å². The van der Waals surface area contributed by atoms with Crippen LogP contribution in [-0.4, -0.2) is 36.2 Å². The molecular formula is C10H17F3N2.